The van der Waals surface area contributed by atoms with E-state index in [1.165, 1.54) is 17.2 Å². The molecular weight excluding hydrogens is 352 g/mol. The Balaban J connectivity index is 1.59. The van der Waals surface area contributed by atoms with Crippen LogP contribution < -0.4 is 0 Å². The summed E-state index contributed by atoms with van der Waals surface area (Å²) in [7, 11) is 0. The zero-order valence-corrected chi connectivity index (χ0v) is 15.0. The van der Waals surface area contributed by atoms with Crippen LogP contribution in [-0.4, -0.2) is 0 Å². The van der Waals surface area contributed by atoms with E-state index in [-0.39, 0.29) is 11.3 Å². The van der Waals surface area contributed by atoms with Crippen LogP contribution in [0.15, 0.2) is 42.5 Å². The van der Waals surface area contributed by atoms with E-state index in [1.807, 2.05) is 0 Å². The molecule has 0 atom stereocenters. The van der Waals surface area contributed by atoms with Crippen molar-refractivity contribution in [1.29, 1.82) is 0 Å². The van der Waals surface area contributed by atoms with Crippen molar-refractivity contribution >= 4 is 10.8 Å². The number of hydrogen-bond donors (Lipinski definition) is 0. The van der Waals surface area contributed by atoms with Gasteiger partial charge in [0.05, 0.1) is 5.39 Å². The molecule has 1 aliphatic carbocycles. The Labute approximate surface area is 155 Å². The Morgan fingerprint density at radius 2 is 1.26 bits per heavy atom. The smallest absolute Gasteiger partial charge is 0.195 e. The summed E-state index contributed by atoms with van der Waals surface area (Å²) >= 11 is 0. The fourth-order valence-corrected chi connectivity index (χ4v) is 4.24. The molecule has 4 heteroatoms. The topological polar surface area (TPSA) is 0 Å². The van der Waals surface area contributed by atoms with Gasteiger partial charge in [-0.2, -0.15) is 0 Å². The summed E-state index contributed by atoms with van der Waals surface area (Å²) in [6.45, 7) is 2.06. The predicted molar refractivity (Wildman–Crippen MR) is 98.9 cm³/mol. The summed E-state index contributed by atoms with van der Waals surface area (Å²) in [5, 5.41) is -0.409. The lowest BCUT2D eigenvalue weighted by atomic mass is 9.76. The second kappa shape index (κ2) is 6.99. The van der Waals surface area contributed by atoms with Gasteiger partial charge in [-0.05, 0) is 73.1 Å². The molecule has 1 fully saturated rings. The molecule has 0 saturated heterocycles. The van der Waals surface area contributed by atoms with Gasteiger partial charge in [0.15, 0.2) is 17.5 Å². The maximum absolute atomic E-state index is 14.4. The Hall–Kier alpha value is -2.36. The highest BCUT2D eigenvalue weighted by atomic mass is 19.2. The molecule has 1 aliphatic rings. The van der Waals surface area contributed by atoms with E-state index in [0.29, 0.717) is 5.92 Å². The van der Waals surface area contributed by atoms with E-state index in [9.17, 15) is 17.6 Å². The quantitative estimate of drug-likeness (QED) is 0.331. The van der Waals surface area contributed by atoms with Gasteiger partial charge in [0.1, 0.15) is 5.82 Å². The monoisotopic (exact) mass is 372 g/mol. The third-order valence-corrected chi connectivity index (χ3v) is 5.79. The standard InChI is InChI=1S/C23H20F4/c1-13-2-4-14(5-3-13)15-6-8-16(9-7-15)17-10-18-12-20(25)22(26)23(27)21(18)19(24)11-17/h2-5,10-12,15-16H,6-9H2,1H3. The first-order chi connectivity index (χ1) is 12.9. The minimum atomic E-state index is -1.63. The van der Waals surface area contributed by atoms with Crippen molar-refractivity contribution in [2.24, 2.45) is 0 Å². The maximum Gasteiger partial charge on any atom is 0.195 e. The second-order valence-electron chi connectivity index (χ2n) is 7.55. The van der Waals surface area contributed by atoms with Crippen molar-refractivity contribution in [3.05, 3.63) is 82.4 Å². The molecule has 0 unspecified atom stereocenters. The van der Waals surface area contributed by atoms with Crippen LogP contribution in [0, 0.1) is 30.2 Å². The molecule has 27 heavy (non-hydrogen) atoms. The highest BCUT2D eigenvalue weighted by Gasteiger charge is 2.25. The SMILES string of the molecule is Cc1ccc(C2CCC(c3cc(F)c4c(F)c(F)c(F)cc4c3)CC2)cc1. The first-order valence-electron chi connectivity index (χ1n) is 9.27. The minimum absolute atomic E-state index is 0.0714. The van der Waals surface area contributed by atoms with Crippen molar-refractivity contribution < 1.29 is 17.6 Å². The van der Waals surface area contributed by atoms with Crippen LogP contribution in [0.1, 0.15) is 54.2 Å². The first kappa shape index (κ1) is 18.0. The zero-order valence-electron chi connectivity index (χ0n) is 15.0. The average molecular weight is 372 g/mol. The third kappa shape index (κ3) is 3.33. The summed E-state index contributed by atoms with van der Waals surface area (Å²) in [4.78, 5) is 0. The fourth-order valence-electron chi connectivity index (χ4n) is 4.24. The lowest BCUT2D eigenvalue weighted by Gasteiger charge is -2.29. The average Bonchev–Trinajstić information content (AvgIpc) is 2.66. The van der Waals surface area contributed by atoms with Crippen LogP contribution in [0.25, 0.3) is 10.8 Å². The van der Waals surface area contributed by atoms with E-state index in [1.54, 1.807) is 6.07 Å². The van der Waals surface area contributed by atoms with Gasteiger partial charge in [-0.3, -0.25) is 0 Å². The van der Waals surface area contributed by atoms with Crippen molar-refractivity contribution in [1.82, 2.24) is 0 Å². The summed E-state index contributed by atoms with van der Waals surface area (Å²) in [5.41, 5.74) is 3.28. The number of halogens is 4. The fraction of sp³-hybridized carbons (Fsp3) is 0.304. The van der Waals surface area contributed by atoms with Gasteiger partial charge in [-0.15, -0.1) is 0 Å². The molecule has 0 N–H and O–H groups in total. The number of aryl methyl sites for hydroxylation is 1. The van der Waals surface area contributed by atoms with Crippen molar-refractivity contribution in [2.45, 2.75) is 44.4 Å². The highest BCUT2D eigenvalue weighted by Crippen LogP contribution is 2.41. The van der Waals surface area contributed by atoms with Crippen LogP contribution >= 0.6 is 0 Å². The predicted octanol–water partition coefficient (Wildman–Crippen LogP) is 7.15. The van der Waals surface area contributed by atoms with Gasteiger partial charge in [0.2, 0.25) is 0 Å². The second-order valence-corrected chi connectivity index (χ2v) is 7.55. The van der Waals surface area contributed by atoms with Gasteiger partial charge in [-0.25, -0.2) is 17.6 Å². The minimum Gasteiger partial charge on any atom is -0.206 e. The molecule has 0 heterocycles. The number of rotatable bonds is 2. The van der Waals surface area contributed by atoms with Crippen LogP contribution in [0.5, 0.6) is 0 Å². The largest absolute Gasteiger partial charge is 0.206 e. The highest BCUT2D eigenvalue weighted by molar-refractivity contribution is 5.84. The molecule has 0 bridgehead atoms. The van der Waals surface area contributed by atoms with Crippen LogP contribution in [0.3, 0.4) is 0 Å². The molecule has 0 spiro atoms. The van der Waals surface area contributed by atoms with E-state index in [4.69, 9.17) is 0 Å². The van der Waals surface area contributed by atoms with E-state index < -0.39 is 28.7 Å². The first-order valence-corrected chi connectivity index (χ1v) is 9.27. The lowest BCUT2D eigenvalue weighted by Crippen LogP contribution is -2.12. The lowest BCUT2D eigenvalue weighted by molar-refractivity contribution is 0.395. The molecule has 4 rings (SSSR count). The Morgan fingerprint density at radius 3 is 1.89 bits per heavy atom. The third-order valence-electron chi connectivity index (χ3n) is 5.79. The Morgan fingerprint density at radius 1 is 0.667 bits per heavy atom. The summed E-state index contributed by atoms with van der Waals surface area (Å²) in [6.07, 6.45) is 3.74. The molecule has 140 valence electrons. The van der Waals surface area contributed by atoms with Crippen LogP contribution in [0.2, 0.25) is 0 Å². The summed E-state index contributed by atoms with van der Waals surface area (Å²) in [6, 6.07) is 12.3. The molecule has 3 aromatic carbocycles. The van der Waals surface area contributed by atoms with Crippen LogP contribution in [-0.2, 0) is 0 Å². The summed E-state index contributed by atoms with van der Waals surface area (Å²) < 4.78 is 55.3. The normalized spacial score (nSPS) is 20.2. The number of hydrogen-bond acceptors (Lipinski definition) is 0. The van der Waals surface area contributed by atoms with Crippen molar-refractivity contribution in [2.75, 3.05) is 0 Å². The van der Waals surface area contributed by atoms with Gasteiger partial charge in [0, 0.05) is 0 Å². The Kier molecular flexibility index (Phi) is 4.67. The van der Waals surface area contributed by atoms with E-state index >= 15 is 0 Å². The van der Waals surface area contributed by atoms with Gasteiger partial charge in [0.25, 0.3) is 0 Å². The molecule has 0 aromatic heterocycles. The van der Waals surface area contributed by atoms with Gasteiger partial charge in [-0.1, -0.05) is 35.9 Å². The molecule has 1 saturated carbocycles. The molecular formula is C23H20F4. The van der Waals surface area contributed by atoms with Crippen molar-refractivity contribution in [3.8, 4) is 0 Å². The van der Waals surface area contributed by atoms with Gasteiger partial charge < -0.3 is 0 Å². The van der Waals surface area contributed by atoms with Crippen molar-refractivity contribution in [3.63, 3.8) is 0 Å². The van der Waals surface area contributed by atoms with Gasteiger partial charge >= 0.3 is 0 Å². The number of fused-ring (bicyclic) bond motifs is 1. The summed E-state index contributed by atoms with van der Waals surface area (Å²) in [5.74, 6) is -4.60. The van der Waals surface area contributed by atoms with E-state index in [0.717, 1.165) is 37.3 Å². The maximum atomic E-state index is 14.4. The Bertz CT molecular complexity index is 984. The molecule has 0 amide bonds. The number of benzene rings is 3. The molecule has 0 aliphatic heterocycles. The van der Waals surface area contributed by atoms with Crippen LogP contribution in [0.4, 0.5) is 17.6 Å². The molecule has 3 aromatic rings. The molecule has 0 radical (unpaired) electrons. The zero-order chi connectivity index (χ0) is 19.1. The van der Waals surface area contributed by atoms with E-state index in [2.05, 4.69) is 31.2 Å². The molecule has 0 nitrogen and oxygen atoms in total.